The van der Waals surface area contributed by atoms with E-state index in [1.165, 1.54) is 17.7 Å². The Morgan fingerprint density at radius 2 is 1.68 bits per heavy atom. The summed E-state index contributed by atoms with van der Waals surface area (Å²) >= 11 is 12.0. The van der Waals surface area contributed by atoms with Crippen molar-refractivity contribution in [1.29, 1.82) is 0 Å². The second kappa shape index (κ2) is 5.81. The predicted molar refractivity (Wildman–Crippen MR) is 79.6 cm³/mol. The van der Waals surface area contributed by atoms with E-state index in [4.69, 9.17) is 23.2 Å². The maximum absolute atomic E-state index is 13.1. The smallest absolute Gasteiger partial charge is 0.126 e. The van der Waals surface area contributed by atoms with Crippen molar-refractivity contribution in [2.45, 2.75) is 19.9 Å². The quantitative estimate of drug-likeness (QED) is 0.776. The van der Waals surface area contributed by atoms with Crippen LogP contribution in [0.4, 0.5) is 10.1 Å². The molecule has 1 atom stereocenters. The van der Waals surface area contributed by atoms with E-state index >= 15 is 0 Å². The molecule has 4 heteroatoms. The average molecular weight is 298 g/mol. The summed E-state index contributed by atoms with van der Waals surface area (Å²) in [7, 11) is 0. The van der Waals surface area contributed by atoms with Gasteiger partial charge in [0, 0.05) is 6.04 Å². The number of anilines is 1. The van der Waals surface area contributed by atoms with Crippen LogP contribution < -0.4 is 5.32 Å². The molecule has 100 valence electrons. The lowest BCUT2D eigenvalue weighted by Gasteiger charge is -2.19. The van der Waals surface area contributed by atoms with Gasteiger partial charge < -0.3 is 5.32 Å². The molecule has 0 fully saturated rings. The van der Waals surface area contributed by atoms with Crippen molar-refractivity contribution >= 4 is 28.9 Å². The number of benzene rings is 2. The molecule has 0 aromatic heterocycles. The van der Waals surface area contributed by atoms with Crippen LogP contribution in [0, 0.1) is 12.7 Å². The topological polar surface area (TPSA) is 12.0 Å². The zero-order valence-electron chi connectivity index (χ0n) is 10.7. The van der Waals surface area contributed by atoms with E-state index < -0.39 is 5.82 Å². The Labute approximate surface area is 122 Å². The fourth-order valence-electron chi connectivity index (χ4n) is 2.05. The fraction of sp³-hybridized carbons (Fsp3) is 0.200. The van der Waals surface area contributed by atoms with Gasteiger partial charge in [-0.15, -0.1) is 0 Å². The summed E-state index contributed by atoms with van der Waals surface area (Å²) < 4.78 is 13.1. The third-order valence-corrected chi connectivity index (χ3v) is 3.62. The zero-order valence-corrected chi connectivity index (χ0v) is 12.2. The minimum atomic E-state index is -0.441. The van der Waals surface area contributed by atoms with Crippen molar-refractivity contribution in [2.24, 2.45) is 0 Å². The zero-order chi connectivity index (χ0) is 14.0. The van der Waals surface area contributed by atoms with Crippen molar-refractivity contribution in [1.82, 2.24) is 0 Å². The molecule has 0 spiro atoms. The molecule has 0 aliphatic carbocycles. The molecule has 0 amide bonds. The summed E-state index contributed by atoms with van der Waals surface area (Å²) in [6.45, 7) is 4.06. The minimum Gasteiger partial charge on any atom is -0.376 e. The summed E-state index contributed by atoms with van der Waals surface area (Å²) in [5.74, 6) is -0.441. The molecule has 0 saturated carbocycles. The molecule has 1 N–H and O–H groups in total. The lowest BCUT2D eigenvalue weighted by molar-refractivity contribution is 0.628. The van der Waals surface area contributed by atoms with Gasteiger partial charge in [0.2, 0.25) is 0 Å². The summed E-state index contributed by atoms with van der Waals surface area (Å²) in [5, 5.41) is 3.80. The Morgan fingerprint density at radius 1 is 1.11 bits per heavy atom. The Kier molecular flexibility index (Phi) is 4.33. The van der Waals surface area contributed by atoms with Gasteiger partial charge in [-0.25, -0.2) is 4.39 Å². The number of halogens is 3. The summed E-state index contributed by atoms with van der Waals surface area (Å²) in [4.78, 5) is 0. The van der Waals surface area contributed by atoms with Crippen LogP contribution in [0.1, 0.15) is 24.1 Å². The molecule has 0 radical (unpaired) electrons. The minimum absolute atomic E-state index is 0.0293. The van der Waals surface area contributed by atoms with Crippen LogP contribution in [0.15, 0.2) is 36.4 Å². The van der Waals surface area contributed by atoms with Crippen LogP contribution in [0.2, 0.25) is 10.0 Å². The van der Waals surface area contributed by atoms with E-state index in [2.05, 4.69) is 5.32 Å². The Hall–Kier alpha value is -1.25. The van der Waals surface area contributed by atoms with E-state index in [1.807, 2.05) is 38.1 Å². The van der Waals surface area contributed by atoms with Gasteiger partial charge in [0.15, 0.2) is 0 Å². The van der Waals surface area contributed by atoms with Crippen molar-refractivity contribution < 1.29 is 4.39 Å². The first-order valence-corrected chi connectivity index (χ1v) is 6.71. The lowest BCUT2D eigenvalue weighted by atomic mass is 10.0. The predicted octanol–water partition coefficient (Wildman–Crippen LogP) is 5.61. The largest absolute Gasteiger partial charge is 0.376 e. The summed E-state index contributed by atoms with van der Waals surface area (Å²) in [6, 6.07) is 10.6. The van der Waals surface area contributed by atoms with Crippen LogP contribution in [-0.2, 0) is 0 Å². The van der Waals surface area contributed by atoms with Crippen molar-refractivity contribution in [3.63, 3.8) is 0 Å². The number of hydrogen-bond donors (Lipinski definition) is 1. The summed E-state index contributed by atoms with van der Waals surface area (Å²) in [5.41, 5.74) is 2.89. The molecular weight excluding hydrogens is 284 g/mol. The van der Waals surface area contributed by atoms with Crippen molar-refractivity contribution in [2.75, 3.05) is 5.32 Å². The fourth-order valence-corrected chi connectivity index (χ4v) is 2.62. The molecular formula is C15H14Cl2FN. The van der Waals surface area contributed by atoms with Gasteiger partial charge in [-0.3, -0.25) is 0 Å². The molecule has 0 aliphatic heterocycles. The molecule has 19 heavy (non-hydrogen) atoms. The average Bonchev–Trinajstić information content (AvgIpc) is 2.34. The van der Waals surface area contributed by atoms with Crippen molar-refractivity contribution in [3.8, 4) is 0 Å². The number of hydrogen-bond acceptors (Lipinski definition) is 1. The lowest BCUT2D eigenvalue weighted by Crippen LogP contribution is -2.09. The van der Waals surface area contributed by atoms with Gasteiger partial charge in [0.25, 0.3) is 0 Å². The third kappa shape index (κ3) is 3.20. The van der Waals surface area contributed by atoms with E-state index in [1.54, 1.807) is 0 Å². The molecule has 0 aliphatic rings. The molecule has 0 bridgehead atoms. The summed E-state index contributed by atoms with van der Waals surface area (Å²) in [6.07, 6.45) is 0. The van der Waals surface area contributed by atoms with E-state index in [0.717, 1.165) is 5.56 Å². The van der Waals surface area contributed by atoms with Crippen LogP contribution >= 0.6 is 23.2 Å². The molecule has 2 aromatic rings. The van der Waals surface area contributed by atoms with E-state index in [9.17, 15) is 4.39 Å². The number of rotatable bonds is 3. The second-order valence-electron chi connectivity index (χ2n) is 4.47. The molecule has 2 rings (SSSR count). The molecule has 0 saturated heterocycles. The first kappa shape index (κ1) is 14.2. The van der Waals surface area contributed by atoms with E-state index in [-0.39, 0.29) is 16.1 Å². The SMILES string of the molecule is Cc1ccccc1C(C)Nc1c(Cl)cc(F)cc1Cl. The van der Waals surface area contributed by atoms with Crippen LogP contribution in [-0.4, -0.2) is 0 Å². The standard InChI is InChI=1S/C15H14Cl2FN/c1-9-5-3-4-6-12(9)10(2)19-15-13(16)7-11(18)8-14(15)17/h3-8,10,19H,1-2H3. The monoisotopic (exact) mass is 297 g/mol. The highest BCUT2D eigenvalue weighted by Gasteiger charge is 2.13. The number of aryl methyl sites for hydroxylation is 1. The van der Waals surface area contributed by atoms with Gasteiger partial charge >= 0.3 is 0 Å². The maximum Gasteiger partial charge on any atom is 0.126 e. The van der Waals surface area contributed by atoms with Gasteiger partial charge in [0.05, 0.1) is 15.7 Å². The van der Waals surface area contributed by atoms with Crippen LogP contribution in [0.25, 0.3) is 0 Å². The Bertz CT molecular complexity index is 575. The molecule has 2 aromatic carbocycles. The van der Waals surface area contributed by atoms with Crippen molar-refractivity contribution in [3.05, 3.63) is 63.4 Å². The highest BCUT2D eigenvalue weighted by Crippen LogP contribution is 2.34. The first-order chi connectivity index (χ1) is 8.99. The van der Waals surface area contributed by atoms with Crippen LogP contribution in [0.5, 0.6) is 0 Å². The molecule has 1 nitrogen and oxygen atoms in total. The van der Waals surface area contributed by atoms with Gasteiger partial charge in [0.1, 0.15) is 5.82 Å². The van der Waals surface area contributed by atoms with Gasteiger partial charge in [-0.05, 0) is 37.1 Å². The van der Waals surface area contributed by atoms with Crippen LogP contribution in [0.3, 0.4) is 0 Å². The normalized spacial score (nSPS) is 12.3. The Balaban J connectivity index is 2.29. The van der Waals surface area contributed by atoms with Gasteiger partial charge in [-0.1, -0.05) is 47.5 Å². The highest BCUT2D eigenvalue weighted by molar-refractivity contribution is 6.39. The third-order valence-electron chi connectivity index (χ3n) is 3.02. The van der Waals surface area contributed by atoms with Gasteiger partial charge in [-0.2, -0.15) is 0 Å². The molecule has 0 heterocycles. The number of nitrogens with one attached hydrogen (secondary N) is 1. The Morgan fingerprint density at radius 3 is 2.26 bits per heavy atom. The molecule has 1 unspecified atom stereocenters. The highest BCUT2D eigenvalue weighted by atomic mass is 35.5. The first-order valence-electron chi connectivity index (χ1n) is 5.95. The maximum atomic E-state index is 13.1. The second-order valence-corrected chi connectivity index (χ2v) is 5.28. The van der Waals surface area contributed by atoms with E-state index in [0.29, 0.717) is 5.69 Å².